The minimum Gasteiger partial charge on any atom is -0.465 e. The topological polar surface area (TPSA) is 26.3 Å². The minimum atomic E-state index is -0.0891. The first-order chi connectivity index (χ1) is 20.6. The average molecular weight is 577 g/mol. The zero-order valence-electron chi connectivity index (χ0n) is 27.6. The molecule has 4 aliphatic rings. The third-order valence-electron chi connectivity index (χ3n) is 11.4. The van der Waals surface area contributed by atoms with E-state index in [-0.39, 0.29) is 17.8 Å². The molecule has 0 amide bonds. The maximum atomic E-state index is 13.5. The smallest absolute Gasteiger partial charge is 0.310 e. The predicted octanol–water partition coefficient (Wildman–Crippen LogP) is 10.9. The van der Waals surface area contributed by atoms with Gasteiger partial charge in [-0.15, -0.1) is 0 Å². The van der Waals surface area contributed by atoms with Gasteiger partial charge >= 0.3 is 5.97 Å². The Morgan fingerprint density at radius 1 is 0.571 bits per heavy atom. The van der Waals surface area contributed by atoms with E-state index in [1.165, 1.54) is 135 Å². The monoisotopic (exact) mass is 576 g/mol. The molecule has 0 spiro atoms. The summed E-state index contributed by atoms with van der Waals surface area (Å²) in [6.07, 6.45) is 30.8. The fraction of sp³-hybridized carbons (Fsp3) is 0.875. The van der Waals surface area contributed by atoms with E-state index in [1.807, 2.05) is 0 Å². The molecule has 0 N–H and O–H groups in total. The molecule has 0 heterocycles. The summed E-state index contributed by atoms with van der Waals surface area (Å²) in [5.74, 6) is 18.7. The number of unbranched alkanes of at least 4 members (excludes halogenated alkanes) is 4. The van der Waals surface area contributed by atoms with Crippen LogP contribution in [0.3, 0.4) is 0 Å². The second-order valence-corrected chi connectivity index (χ2v) is 14.9. The van der Waals surface area contributed by atoms with Crippen molar-refractivity contribution >= 4 is 5.97 Å². The van der Waals surface area contributed by atoms with E-state index in [2.05, 4.69) is 37.5 Å². The highest BCUT2D eigenvalue weighted by atomic mass is 16.5. The van der Waals surface area contributed by atoms with E-state index >= 15 is 0 Å². The summed E-state index contributed by atoms with van der Waals surface area (Å²) in [5, 5.41) is 0. The zero-order chi connectivity index (χ0) is 29.4. The summed E-state index contributed by atoms with van der Waals surface area (Å²) in [6, 6.07) is 0. The van der Waals surface area contributed by atoms with Crippen molar-refractivity contribution in [3.63, 3.8) is 0 Å². The van der Waals surface area contributed by atoms with Crippen LogP contribution in [-0.2, 0) is 9.53 Å². The first-order valence-corrected chi connectivity index (χ1v) is 18.8. The van der Waals surface area contributed by atoms with Crippen LogP contribution in [0.2, 0.25) is 0 Å². The van der Waals surface area contributed by atoms with E-state index in [1.54, 1.807) is 0 Å². The Kier molecular flexibility index (Phi) is 15.2. The van der Waals surface area contributed by atoms with Gasteiger partial charge < -0.3 is 4.74 Å². The standard InChI is InChI=1S/C40H64O2/c1-3-5-8-12-32-16-20-34(21-17-32)24-25-36-27-29-38(28-26-35-22-18-33(19-23-35)13-9-6-4-2)39(30-36)40(41)42-31-37-14-10-7-11-15-37/h32-39H,3-23,27,29-31H2,1-2H3. The van der Waals surface area contributed by atoms with Gasteiger partial charge in [0.25, 0.3) is 0 Å². The SMILES string of the molecule is CCCCCC1CCC(C#CC2CCC(C#CC3CCC(CCCCC)CC3)C(C(=O)OCC3CCCCC3)C2)CC1. The Hall–Kier alpha value is -1.41. The second-order valence-electron chi connectivity index (χ2n) is 14.9. The van der Waals surface area contributed by atoms with E-state index in [4.69, 9.17) is 4.74 Å². The van der Waals surface area contributed by atoms with E-state index in [0.717, 1.165) is 31.1 Å². The number of hydrogen-bond donors (Lipinski definition) is 0. The predicted molar refractivity (Wildman–Crippen MR) is 177 cm³/mol. The molecule has 4 saturated carbocycles. The van der Waals surface area contributed by atoms with Gasteiger partial charge in [-0.1, -0.05) is 108 Å². The molecule has 0 aliphatic heterocycles. The van der Waals surface area contributed by atoms with Gasteiger partial charge in [-0.05, 0) is 101 Å². The van der Waals surface area contributed by atoms with Crippen molar-refractivity contribution in [2.75, 3.05) is 6.61 Å². The molecule has 4 fully saturated rings. The number of ether oxygens (including phenoxy) is 1. The first-order valence-electron chi connectivity index (χ1n) is 18.8. The third-order valence-corrected chi connectivity index (χ3v) is 11.4. The van der Waals surface area contributed by atoms with E-state index in [9.17, 15) is 4.79 Å². The van der Waals surface area contributed by atoms with Gasteiger partial charge in [-0.2, -0.15) is 0 Å². The molecular weight excluding hydrogens is 512 g/mol. The van der Waals surface area contributed by atoms with E-state index < -0.39 is 0 Å². The van der Waals surface area contributed by atoms with Crippen LogP contribution in [0.15, 0.2) is 0 Å². The number of carbonyl (C=O) groups is 1. The van der Waals surface area contributed by atoms with Gasteiger partial charge in [0.2, 0.25) is 0 Å². The lowest BCUT2D eigenvalue weighted by Crippen LogP contribution is -2.32. The van der Waals surface area contributed by atoms with E-state index in [0.29, 0.717) is 30.3 Å². The maximum absolute atomic E-state index is 13.5. The molecule has 0 bridgehead atoms. The highest BCUT2D eigenvalue weighted by Crippen LogP contribution is 2.37. The van der Waals surface area contributed by atoms with Crippen molar-refractivity contribution < 1.29 is 9.53 Å². The lowest BCUT2D eigenvalue weighted by Gasteiger charge is -2.31. The average Bonchev–Trinajstić information content (AvgIpc) is 3.04. The van der Waals surface area contributed by atoms with Gasteiger partial charge in [-0.25, -0.2) is 0 Å². The van der Waals surface area contributed by atoms with Gasteiger partial charge in [-0.3, -0.25) is 4.79 Å². The summed E-state index contributed by atoms with van der Waals surface area (Å²) < 4.78 is 6.04. The van der Waals surface area contributed by atoms with Crippen LogP contribution in [0.1, 0.15) is 168 Å². The van der Waals surface area contributed by atoms with Crippen LogP contribution in [0.5, 0.6) is 0 Å². The van der Waals surface area contributed by atoms with Gasteiger partial charge in [0.1, 0.15) is 0 Å². The summed E-state index contributed by atoms with van der Waals surface area (Å²) in [6.45, 7) is 5.22. The van der Waals surface area contributed by atoms with Crippen LogP contribution in [0, 0.1) is 71.0 Å². The highest BCUT2D eigenvalue weighted by molar-refractivity contribution is 5.73. The van der Waals surface area contributed by atoms with Gasteiger partial charge in [0, 0.05) is 23.7 Å². The van der Waals surface area contributed by atoms with Crippen LogP contribution < -0.4 is 0 Å². The number of hydrogen-bond acceptors (Lipinski definition) is 2. The minimum absolute atomic E-state index is 0.0265. The molecule has 0 saturated heterocycles. The molecule has 236 valence electrons. The van der Waals surface area contributed by atoms with Crippen LogP contribution in [0.25, 0.3) is 0 Å². The lowest BCUT2D eigenvalue weighted by molar-refractivity contribution is -0.153. The molecule has 0 radical (unpaired) electrons. The Balaban J connectivity index is 1.30. The van der Waals surface area contributed by atoms with Crippen molar-refractivity contribution in [3.05, 3.63) is 0 Å². The molecule has 4 aliphatic carbocycles. The molecule has 0 aromatic carbocycles. The van der Waals surface area contributed by atoms with Crippen LogP contribution >= 0.6 is 0 Å². The quantitative estimate of drug-likeness (QED) is 0.139. The summed E-state index contributed by atoms with van der Waals surface area (Å²) in [4.78, 5) is 13.5. The van der Waals surface area contributed by atoms with Crippen molar-refractivity contribution in [3.8, 4) is 23.7 Å². The number of esters is 1. The highest BCUT2D eigenvalue weighted by Gasteiger charge is 2.36. The Labute approximate surface area is 260 Å². The maximum Gasteiger partial charge on any atom is 0.310 e. The lowest BCUT2D eigenvalue weighted by atomic mass is 9.73. The van der Waals surface area contributed by atoms with Crippen molar-refractivity contribution in [2.24, 2.45) is 47.3 Å². The fourth-order valence-corrected chi connectivity index (χ4v) is 8.41. The first kappa shape index (κ1) is 33.5. The molecule has 42 heavy (non-hydrogen) atoms. The Morgan fingerprint density at radius 2 is 1.10 bits per heavy atom. The second kappa shape index (κ2) is 19.1. The summed E-state index contributed by atoms with van der Waals surface area (Å²) >= 11 is 0. The normalized spacial score (nSPS) is 32.2. The summed E-state index contributed by atoms with van der Waals surface area (Å²) in [5.41, 5.74) is 0. The van der Waals surface area contributed by atoms with Gasteiger partial charge in [0.15, 0.2) is 0 Å². The fourth-order valence-electron chi connectivity index (χ4n) is 8.41. The van der Waals surface area contributed by atoms with Crippen molar-refractivity contribution in [2.45, 2.75) is 168 Å². The molecular formula is C40H64O2. The number of rotatable bonds is 11. The van der Waals surface area contributed by atoms with Crippen molar-refractivity contribution in [1.82, 2.24) is 0 Å². The molecule has 3 atom stereocenters. The third kappa shape index (κ3) is 11.6. The molecule has 3 unspecified atom stereocenters. The largest absolute Gasteiger partial charge is 0.465 e. The summed E-state index contributed by atoms with van der Waals surface area (Å²) in [7, 11) is 0. The number of carbonyl (C=O) groups excluding carboxylic acids is 1. The Morgan fingerprint density at radius 3 is 1.67 bits per heavy atom. The zero-order valence-corrected chi connectivity index (χ0v) is 27.6. The van der Waals surface area contributed by atoms with Crippen LogP contribution in [0.4, 0.5) is 0 Å². The molecule has 0 aromatic heterocycles. The molecule has 0 aromatic rings. The molecule has 2 nitrogen and oxygen atoms in total. The Bertz CT molecular complexity index is 876. The molecule has 4 rings (SSSR count). The van der Waals surface area contributed by atoms with Crippen molar-refractivity contribution in [1.29, 1.82) is 0 Å². The molecule has 2 heteroatoms. The van der Waals surface area contributed by atoms with Crippen LogP contribution in [-0.4, -0.2) is 12.6 Å². The van der Waals surface area contributed by atoms with Gasteiger partial charge in [0.05, 0.1) is 12.5 Å².